The molecule has 0 bridgehead atoms. The number of aryl methyl sites for hydroxylation is 1. The number of halogens is 1. The van der Waals surface area contributed by atoms with E-state index in [2.05, 4.69) is 29.5 Å². The molecule has 0 amide bonds. The summed E-state index contributed by atoms with van der Waals surface area (Å²) >= 11 is 0. The summed E-state index contributed by atoms with van der Waals surface area (Å²) in [5.74, 6) is -0.0715. The largest absolute Gasteiger partial charge is 0.489 e. The number of ether oxygens (including phenoxy) is 1. The zero-order chi connectivity index (χ0) is 15.2. The average molecular weight is 292 g/mol. The Labute approximate surface area is 124 Å². The van der Waals surface area contributed by atoms with E-state index in [4.69, 9.17) is 4.74 Å². The molecule has 114 valence electrons. The van der Waals surface area contributed by atoms with Crippen molar-refractivity contribution in [1.82, 2.24) is 20.3 Å². The third-order valence-electron chi connectivity index (χ3n) is 2.94. The van der Waals surface area contributed by atoms with Gasteiger partial charge < -0.3 is 10.1 Å². The Bertz CT molecular complexity index is 583. The smallest absolute Gasteiger partial charge is 0.165 e. The Morgan fingerprint density at radius 2 is 2.19 bits per heavy atom. The van der Waals surface area contributed by atoms with Gasteiger partial charge in [0, 0.05) is 18.8 Å². The van der Waals surface area contributed by atoms with Gasteiger partial charge in [-0.2, -0.15) is 0 Å². The molecule has 1 aromatic carbocycles. The molecule has 2 rings (SSSR count). The molecule has 0 aliphatic rings. The lowest BCUT2D eigenvalue weighted by Gasteiger charge is -2.07. The average Bonchev–Trinajstić information content (AvgIpc) is 2.88. The fourth-order valence-corrected chi connectivity index (χ4v) is 1.81. The first-order valence-corrected chi connectivity index (χ1v) is 7.06. The zero-order valence-electron chi connectivity index (χ0n) is 12.6. The Balaban J connectivity index is 1.82. The van der Waals surface area contributed by atoms with Crippen LogP contribution >= 0.6 is 0 Å². The van der Waals surface area contributed by atoms with Crippen molar-refractivity contribution in [3.05, 3.63) is 41.5 Å². The first-order chi connectivity index (χ1) is 10.0. The summed E-state index contributed by atoms with van der Waals surface area (Å²) in [4.78, 5) is 0. The van der Waals surface area contributed by atoms with Gasteiger partial charge in [0.15, 0.2) is 11.6 Å². The van der Waals surface area contributed by atoms with Crippen molar-refractivity contribution in [3.63, 3.8) is 0 Å². The van der Waals surface area contributed by atoms with E-state index in [0.29, 0.717) is 25.7 Å². The molecule has 0 saturated heterocycles. The van der Waals surface area contributed by atoms with Crippen molar-refractivity contribution in [2.24, 2.45) is 0 Å². The number of aromatic nitrogens is 3. The first kappa shape index (κ1) is 15.4. The minimum Gasteiger partial charge on any atom is -0.489 e. The molecule has 0 radical (unpaired) electrons. The molecule has 21 heavy (non-hydrogen) atoms. The summed E-state index contributed by atoms with van der Waals surface area (Å²) in [6, 6.07) is 5.22. The van der Waals surface area contributed by atoms with Crippen molar-refractivity contribution < 1.29 is 9.13 Å². The topological polar surface area (TPSA) is 52.0 Å². The van der Waals surface area contributed by atoms with Crippen molar-refractivity contribution in [3.8, 4) is 5.75 Å². The highest BCUT2D eigenvalue weighted by molar-refractivity contribution is 5.29. The second-order valence-electron chi connectivity index (χ2n) is 5.29. The van der Waals surface area contributed by atoms with E-state index in [1.807, 2.05) is 13.1 Å². The maximum absolute atomic E-state index is 13.5. The van der Waals surface area contributed by atoms with Gasteiger partial charge in [-0.15, -0.1) is 5.10 Å². The molecular formula is C15H21FN4O. The van der Waals surface area contributed by atoms with Crippen LogP contribution in [0.5, 0.6) is 5.75 Å². The predicted octanol–water partition coefficient (Wildman–Crippen LogP) is 2.30. The molecule has 0 unspecified atom stereocenters. The maximum atomic E-state index is 13.5. The molecule has 6 heteroatoms. The highest BCUT2D eigenvalue weighted by Crippen LogP contribution is 2.18. The van der Waals surface area contributed by atoms with Gasteiger partial charge in [-0.1, -0.05) is 25.1 Å². The molecule has 0 atom stereocenters. The van der Waals surface area contributed by atoms with E-state index in [9.17, 15) is 4.39 Å². The molecular weight excluding hydrogens is 271 g/mol. The minimum absolute atomic E-state index is 0.275. The Morgan fingerprint density at radius 3 is 2.95 bits per heavy atom. The van der Waals surface area contributed by atoms with Crippen LogP contribution in [-0.4, -0.2) is 27.6 Å². The lowest BCUT2D eigenvalue weighted by molar-refractivity contribution is 0.276. The van der Waals surface area contributed by atoms with Crippen LogP contribution in [0.3, 0.4) is 0 Å². The molecule has 2 aromatic rings. The second kappa shape index (κ2) is 7.17. The summed E-state index contributed by atoms with van der Waals surface area (Å²) in [5.41, 5.74) is 1.85. The third-order valence-corrected chi connectivity index (χ3v) is 2.94. The van der Waals surface area contributed by atoms with Gasteiger partial charge in [-0.3, -0.25) is 0 Å². The number of rotatable bonds is 7. The lowest BCUT2D eigenvalue weighted by Crippen LogP contribution is -2.21. The monoisotopic (exact) mass is 292 g/mol. The number of nitrogens with zero attached hydrogens (tertiary/aromatic N) is 3. The molecule has 0 aliphatic carbocycles. The van der Waals surface area contributed by atoms with Crippen LogP contribution in [0, 0.1) is 12.7 Å². The van der Waals surface area contributed by atoms with Gasteiger partial charge in [0.2, 0.25) is 0 Å². The highest BCUT2D eigenvalue weighted by Gasteiger charge is 2.05. The fourth-order valence-electron chi connectivity index (χ4n) is 1.81. The summed E-state index contributed by atoms with van der Waals surface area (Å²) in [7, 11) is 0. The minimum atomic E-state index is -0.346. The molecule has 0 saturated carbocycles. The third kappa shape index (κ3) is 4.82. The normalized spacial score (nSPS) is 11.1. The van der Waals surface area contributed by atoms with Gasteiger partial charge >= 0.3 is 0 Å². The molecule has 0 spiro atoms. The maximum Gasteiger partial charge on any atom is 0.165 e. The first-order valence-electron chi connectivity index (χ1n) is 7.06. The zero-order valence-corrected chi connectivity index (χ0v) is 12.6. The molecule has 1 aromatic heterocycles. The van der Waals surface area contributed by atoms with Gasteiger partial charge in [-0.05, 0) is 24.6 Å². The van der Waals surface area contributed by atoms with Gasteiger partial charge in [0.25, 0.3) is 0 Å². The van der Waals surface area contributed by atoms with E-state index in [1.54, 1.807) is 16.8 Å². The van der Waals surface area contributed by atoms with Crippen molar-refractivity contribution >= 4 is 0 Å². The van der Waals surface area contributed by atoms with Crippen LogP contribution in [0.1, 0.15) is 25.1 Å². The van der Waals surface area contributed by atoms with E-state index in [0.717, 1.165) is 11.3 Å². The molecule has 1 N–H and O–H groups in total. The number of nitrogens with one attached hydrogen (secondary N) is 1. The molecule has 0 aliphatic heterocycles. The second-order valence-corrected chi connectivity index (χ2v) is 5.29. The van der Waals surface area contributed by atoms with Crippen LogP contribution < -0.4 is 10.1 Å². The van der Waals surface area contributed by atoms with Gasteiger partial charge in [0.1, 0.15) is 6.61 Å². The van der Waals surface area contributed by atoms with Crippen LogP contribution in [-0.2, 0) is 13.1 Å². The van der Waals surface area contributed by atoms with E-state index < -0.39 is 0 Å². The van der Waals surface area contributed by atoms with Crippen molar-refractivity contribution in [2.75, 3.05) is 6.61 Å². The molecule has 1 heterocycles. The summed E-state index contributed by atoms with van der Waals surface area (Å²) in [5, 5.41) is 11.4. The standard InChI is InChI=1S/C15H21FN4O/c1-11(2)17-9-13-10-20(19-18-13)6-7-21-15-8-12(3)4-5-14(15)16/h4-5,8,10-11,17H,6-7,9H2,1-3H3. The summed E-state index contributed by atoms with van der Waals surface area (Å²) < 4.78 is 20.7. The van der Waals surface area contributed by atoms with Crippen LogP contribution in [0.15, 0.2) is 24.4 Å². The van der Waals surface area contributed by atoms with Gasteiger partial charge in [0.05, 0.1) is 12.2 Å². The van der Waals surface area contributed by atoms with Crippen LogP contribution in [0.25, 0.3) is 0 Å². The van der Waals surface area contributed by atoms with E-state index in [1.165, 1.54) is 6.07 Å². The summed E-state index contributed by atoms with van der Waals surface area (Å²) in [6.07, 6.45) is 1.87. The number of benzene rings is 1. The van der Waals surface area contributed by atoms with E-state index in [-0.39, 0.29) is 11.6 Å². The number of hydrogen-bond acceptors (Lipinski definition) is 4. The Hall–Kier alpha value is -1.95. The fraction of sp³-hybridized carbons (Fsp3) is 0.467. The summed E-state index contributed by atoms with van der Waals surface area (Å²) in [6.45, 7) is 7.62. The van der Waals surface area contributed by atoms with E-state index >= 15 is 0 Å². The molecule has 0 fully saturated rings. The number of hydrogen-bond donors (Lipinski definition) is 1. The highest BCUT2D eigenvalue weighted by atomic mass is 19.1. The van der Waals surface area contributed by atoms with Gasteiger partial charge in [-0.25, -0.2) is 9.07 Å². The van der Waals surface area contributed by atoms with Crippen molar-refractivity contribution in [2.45, 2.75) is 39.9 Å². The quantitative estimate of drug-likeness (QED) is 0.851. The predicted molar refractivity (Wildman–Crippen MR) is 78.6 cm³/mol. The van der Waals surface area contributed by atoms with Crippen molar-refractivity contribution in [1.29, 1.82) is 0 Å². The Kier molecular flexibility index (Phi) is 5.27. The lowest BCUT2D eigenvalue weighted by atomic mass is 10.2. The van der Waals surface area contributed by atoms with Crippen LogP contribution in [0.2, 0.25) is 0 Å². The SMILES string of the molecule is Cc1ccc(F)c(OCCn2cc(CNC(C)C)nn2)c1. The van der Waals surface area contributed by atoms with Crippen LogP contribution in [0.4, 0.5) is 4.39 Å². The Morgan fingerprint density at radius 1 is 1.38 bits per heavy atom. The molecule has 5 nitrogen and oxygen atoms in total.